The first-order valence-electron chi connectivity index (χ1n) is 2.95. The molecule has 0 unspecified atom stereocenters. The van der Waals surface area contributed by atoms with E-state index in [-0.39, 0.29) is 0 Å². The fraction of sp³-hybridized carbons (Fsp3) is 1.00. The van der Waals surface area contributed by atoms with Crippen molar-refractivity contribution >= 4 is 8.80 Å². The molecule has 0 aromatic carbocycles. The van der Waals surface area contributed by atoms with Crippen molar-refractivity contribution in [3.63, 3.8) is 0 Å². The third-order valence-electron chi connectivity index (χ3n) is 1.44. The summed E-state index contributed by atoms with van der Waals surface area (Å²) in [6.45, 7) is 5.62. The molecule has 0 saturated heterocycles. The molecule has 0 aliphatic heterocycles. The summed E-state index contributed by atoms with van der Waals surface area (Å²) in [7, 11) is -1.27. The Morgan fingerprint density at radius 3 is 1.75 bits per heavy atom. The lowest BCUT2D eigenvalue weighted by atomic mass is 10.5. The zero-order valence-electron chi connectivity index (χ0n) is 5.68. The van der Waals surface area contributed by atoms with Crippen molar-refractivity contribution in [1.82, 2.24) is 0 Å². The van der Waals surface area contributed by atoms with E-state index in [1.807, 2.05) is 13.1 Å². The highest BCUT2D eigenvalue weighted by Crippen LogP contribution is 2.08. The van der Waals surface area contributed by atoms with Crippen LogP contribution in [0.25, 0.3) is 0 Å². The van der Waals surface area contributed by atoms with Gasteiger partial charge in [0, 0.05) is 0 Å². The van der Waals surface area contributed by atoms with Crippen molar-refractivity contribution in [3.8, 4) is 0 Å². The molecule has 2 nitrogen and oxygen atoms in total. The van der Waals surface area contributed by atoms with E-state index in [2.05, 4.69) is 0 Å². The molecular weight excluding hydrogens is 120 g/mol. The lowest BCUT2D eigenvalue weighted by molar-refractivity contribution is -0.0931. The zero-order valence-corrected chi connectivity index (χ0v) is 6.83. The van der Waals surface area contributed by atoms with Gasteiger partial charge < -0.3 is 10.2 Å². The second-order valence-corrected chi connectivity index (χ2v) is 5.62. The summed E-state index contributed by atoms with van der Waals surface area (Å²) in [4.78, 5) is 0. The highest BCUT2D eigenvalue weighted by Gasteiger charge is 2.25. The molecule has 0 heterocycles. The molecule has 8 heavy (non-hydrogen) atoms. The molecule has 0 aliphatic carbocycles. The number of hydrogen-bond acceptors (Lipinski definition) is 2. The van der Waals surface area contributed by atoms with Gasteiger partial charge >= 0.3 is 0 Å². The second-order valence-electron chi connectivity index (χ2n) is 2.39. The van der Waals surface area contributed by atoms with Crippen molar-refractivity contribution in [1.29, 1.82) is 0 Å². The summed E-state index contributed by atoms with van der Waals surface area (Å²) < 4.78 is 0. The smallest absolute Gasteiger partial charge is 0.141 e. The van der Waals surface area contributed by atoms with Crippen LogP contribution >= 0.6 is 0 Å². The lowest BCUT2D eigenvalue weighted by Crippen LogP contribution is -2.40. The first kappa shape index (κ1) is 8.14. The van der Waals surface area contributed by atoms with Gasteiger partial charge in [-0.25, -0.2) is 0 Å². The number of hydrogen-bond donors (Lipinski definition) is 2. The minimum Gasteiger partial charge on any atom is -0.370 e. The quantitative estimate of drug-likeness (QED) is 0.415. The van der Waals surface area contributed by atoms with E-state index in [9.17, 15) is 0 Å². The minimum atomic E-state index is -1.32. The van der Waals surface area contributed by atoms with Crippen LogP contribution in [0.5, 0.6) is 0 Å². The van der Waals surface area contributed by atoms with Crippen molar-refractivity contribution in [2.45, 2.75) is 31.8 Å². The van der Waals surface area contributed by atoms with Crippen LogP contribution in [0.2, 0.25) is 13.1 Å². The maximum Gasteiger partial charge on any atom is 0.141 e. The molecular formula is C5H14O2Si. The highest BCUT2D eigenvalue weighted by atomic mass is 28.3. The van der Waals surface area contributed by atoms with Gasteiger partial charge in [0.2, 0.25) is 0 Å². The fourth-order valence-electron chi connectivity index (χ4n) is 0.408. The average molecular weight is 134 g/mol. The molecule has 0 fully saturated rings. The van der Waals surface area contributed by atoms with Crippen molar-refractivity contribution in [3.05, 3.63) is 0 Å². The first-order valence-corrected chi connectivity index (χ1v) is 5.84. The van der Waals surface area contributed by atoms with Crippen LogP contribution in [0.1, 0.15) is 13.3 Å². The van der Waals surface area contributed by atoms with Gasteiger partial charge in [0.15, 0.2) is 0 Å². The molecule has 0 aliphatic rings. The van der Waals surface area contributed by atoms with Gasteiger partial charge in [0.05, 0.1) is 0 Å². The summed E-state index contributed by atoms with van der Waals surface area (Å²) in [6, 6.07) is 0. The van der Waals surface area contributed by atoms with Crippen LogP contribution in [0.15, 0.2) is 0 Å². The van der Waals surface area contributed by atoms with Crippen molar-refractivity contribution < 1.29 is 10.2 Å². The summed E-state index contributed by atoms with van der Waals surface area (Å²) in [5.74, 6) is 0. The third-order valence-corrected chi connectivity index (χ3v) is 3.70. The first-order chi connectivity index (χ1) is 3.50. The SMILES string of the molecule is CCC(O)(O)[SiH](C)C. The predicted octanol–water partition coefficient (Wildman–Crippen LogP) is 0.103. The Balaban J connectivity index is 3.71. The van der Waals surface area contributed by atoms with Crippen LogP contribution in [-0.2, 0) is 0 Å². The monoisotopic (exact) mass is 134 g/mol. The Kier molecular flexibility index (Phi) is 2.66. The van der Waals surface area contributed by atoms with Crippen LogP contribution < -0.4 is 0 Å². The van der Waals surface area contributed by atoms with E-state index in [0.717, 1.165) is 0 Å². The van der Waals surface area contributed by atoms with E-state index in [1.165, 1.54) is 0 Å². The van der Waals surface area contributed by atoms with Crippen LogP contribution in [0.4, 0.5) is 0 Å². The topological polar surface area (TPSA) is 40.5 Å². The molecule has 0 aromatic rings. The molecule has 0 aromatic heterocycles. The molecule has 0 spiro atoms. The molecule has 2 N–H and O–H groups in total. The summed E-state index contributed by atoms with van der Waals surface area (Å²) in [6.07, 6.45) is 0.455. The molecule has 50 valence electrons. The Morgan fingerprint density at radius 1 is 1.38 bits per heavy atom. The normalized spacial score (nSPS) is 12.8. The fourth-order valence-corrected chi connectivity index (χ4v) is 1.22. The van der Waals surface area contributed by atoms with Gasteiger partial charge in [-0.2, -0.15) is 0 Å². The Labute approximate surface area is 51.8 Å². The van der Waals surface area contributed by atoms with E-state index in [1.54, 1.807) is 6.92 Å². The van der Waals surface area contributed by atoms with Gasteiger partial charge in [-0.1, -0.05) is 20.0 Å². The maximum absolute atomic E-state index is 9.02. The van der Waals surface area contributed by atoms with Gasteiger partial charge in [0.25, 0.3) is 0 Å². The molecule has 0 bridgehead atoms. The molecule has 0 rings (SSSR count). The second kappa shape index (κ2) is 2.62. The average Bonchev–Trinajstić information content (AvgIpc) is 1.67. The zero-order chi connectivity index (χ0) is 6.78. The Morgan fingerprint density at radius 2 is 1.75 bits per heavy atom. The predicted molar refractivity (Wildman–Crippen MR) is 36.3 cm³/mol. The Hall–Kier alpha value is 0.137. The van der Waals surface area contributed by atoms with E-state index in [0.29, 0.717) is 6.42 Å². The lowest BCUT2D eigenvalue weighted by Gasteiger charge is -2.22. The standard InChI is InChI=1S/C5H14O2Si/c1-4-5(6,7)8(2)3/h6-8H,4H2,1-3H3. The van der Waals surface area contributed by atoms with E-state index >= 15 is 0 Å². The van der Waals surface area contributed by atoms with Crippen LogP contribution in [0, 0.1) is 0 Å². The van der Waals surface area contributed by atoms with Crippen molar-refractivity contribution in [2.24, 2.45) is 0 Å². The maximum atomic E-state index is 9.02. The van der Waals surface area contributed by atoms with Crippen molar-refractivity contribution in [2.75, 3.05) is 0 Å². The minimum absolute atomic E-state index is 0.455. The highest BCUT2D eigenvalue weighted by molar-refractivity contribution is 6.58. The number of aliphatic hydroxyl groups is 2. The van der Waals surface area contributed by atoms with E-state index < -0.39 is 14.2 Å². The molecule has 3 heteroatoms. The van der Waals surface area contributed by atoms with Gasteiger partial charge in [-0.15, -0.1) is 0 Å². The number of rotatable bonds is 2. The molecule has 0 atom stereocenters. The summed E-state index contributed by atoms with van der Waals surface area (Å²) >= 11 is 0. The van der Waals surface area contributed by atoms with Crippen LogP contribution in [0.3, 0.4) is 0 Å². The molecule has 0 amide bonds. The third kappa shape index (κ3) is 1.94. The Bertz CT molecular complexity index is 70.8. The largest absolute Gasteiger partial charge is 0.370 e. The van der Waals surface area contributed by atoms with Gasteiger partial charge in [-0.3, -0.25) is 0 Å². The summed E-state index contributed by atoms with van der Waals surface area (Å²) in [5.41, 5.74) is -1.32. The van der Waals surface area contributed by atoms with Gasteiger partial charge in [0.1, 0.15) is 14.2 Å². The van der Waals surface area contributed by atoms with Gasteiger partial charge in [-0.05, 0) is 6.42 Å². The van der Waals surface area contributed by atoms with E-state index in [4.69, 9.17) is 10.2 Å². The molecule has 0 radical (unpaired) electrons. The summed E-state index contributed by atoms with van der Waals surface area (Å²) in [5, 5.41) is 18.0. The van der Waals surface area contributed by atoms with Crippen LogP contribution in [-0.4, -0.2) is 24.4 Å². The molecule has 0 saturated carbocycles.